The third-order valence-corrected chi connectivity index (χ3v) is 5.18. The first-order valence-electron chi connectivity index (χ1n) is 10.1. The molecule has 0 atom stereocenters. The van der Waals surface area contributed by atoms with Crippen LogP contribution in [0.2, 0.25) is 5.02 Å². The second-order valence-electron chi connectivity index (χ2n) is 7.34. The molecule has 0 fully saturated rings. The smallest absolute Gasteiger partial charge is 0.220 e. The Kier molecular flexibility index (Phi) is 6.52. The number of carbonyl (C=O) groups is 1. The summed E-state index contributed by atoms with van der Waals surface area (Å²) in [6.45, 7) is 0.393. The van der Waals surface area contributed by atoms with Crippen LogP contribution in [-0.2, 0) is 22.9 Å². The molecule has 1 radical (unpaired) electrons. The van der Waals surface area contributed by atoms with E-state index in [1.165, 1.54) is 24.3 Å². The van der Waals surface area contributed by atoms with E-state index in [9.17, 15) is 14.3 Å². The number of hydrogen-bond acceptors (Lipinski definition) is 2. The molecule has 0 saturated carbocycles. The van der Waals surface area contributed by atoms with Crippen LogP contribution >= 0.6 is 11.6 Å². The highest BCUT2D eigenvalue weighted by atomic mass is 35.5. The summed E-state index contributed by atoms with van der Waals surface area (Å²) in [6, 6.07) is 21.6. The van der Waals surface area contributed by atoms with Crippen molar-refractivity contribution in [2.75, 3.05) is 0 Å². The molecular formula is C25H20ClFN3O2. The maximum absolute atomic E-state index is 13.8. The lowest BCUT2D eigenvalue weighted by Crippen LogP contribution is -2.23. The Hall–Kier alpha value is -3.64. The van der Waals surface area contributed by atoms with Crippen LogP contribution in [0.25, 0.3) is 16.9 Å². The second kappa shape index (κ2) is 9.66. The number of rotatable bonds is 7. The van der Waals surface area contributed by atoms with Crippen molar-refractivity contribution >= 4 is 17.5 Å². The van der Waals surface area contributed by atoms with Crippen molar-refractivity contribution in [3.05, 3.63) is 101 Å². The highest BCUT2D eigenvalue weighted by Crippen LogP contribution is 2.26. The molecule has 0 aliphatic heterocycles. The topological polar surface area (TPSA) is 66.8 Å². The van der Waals surface area contributed by atoms with Gasteiger partial charge in [-0.1, -0.05) is 35.9 Å². The molecule has 1 amide bonds. The minimum Gasteiger partial charge on any atom is -0.352 e. The van der Waals surface area contributed by atoms with Gasteiger partial charge in [0.1, 0.15) is 5.82 Å². The van der Waals surface area contributed by atoms with E-state index in [1.807, 2.05) is 24.3 Å². The summed E-state index contributed by atoms with van der Waals surface area (Å²) in [7, 11) is 0. The number of halogens is 2. The highest BCUT2D eigenvalue weighted by molar-refractivity contribution is 6.30. The second-order valence-corrected chi connectivity index (χ2v) is 7.78. The Labute approximate surface area is 190 Å². The number of carbonyl (C=O) groups excluding carboxylic acids is 1. The van der Waals surface area contributed by atoms with E-state index >= 15 is 0 Å². The number of nitrogens with zero attached hydrogens (tertiary/aromatic N) is 2. The minimum atomic E-state index is -0.355. The van der Waals surface area contributed by atoms with E-state index in [2.05, 4.69) is 10.4 Å². The Morgan fingerprint density at radius 2 is 1.78 bits per heavy atom. The average molecular weight is 449 g/mol. The maximum Gasteiger partial charge on any atom is 0.220 e. The van der Waals surface area contributed by atoms with Crippen LogP contribution < -0.4 is 5.32 Å². The van der Waals surface area contributed by atoms with Gasteiger partial charge in [0.05, 0.1) is 17.1 Å². The summed E-state index contributed by atoms with van der Waals surface area (Å²) >= 11 is 5.97. The highest BCUT2D eigenvalue weighted by Gasteiger charge is 2.14. The Morgan fingerprint density at radius 1 is 1.00 bits per heavy atom. The molecule has 32 heavy (non-hydrogen) atoms. The van der Waals surface area contributed by atoms with Gasteiger partial charge in [0.25, 0.3) is 0 Å². The van der Waals surface area contributed by atoms with Gasteiger partial charge in [-0.15, -0.1) is 0 Å². The van der Waals surface area contributed by atoms with Gasteiger partial charge in [0.15, 0.2) is 5.75 Å². The van der Waals surface area contributed by atoms with E-state index < -0.39 is 0 Å². The Morgan fingerprint density at radius 3 is 2.53 bits per heavy atom. The first-order chi connectivity index (χ1) is 15.5. The molecule has 4 rings (SSSR count). The predicted octanol–water partition coefficient (Wildman–Crippen LogP) is 5.72. The first-order valence-corrected chi connectivity index (χ1v) is 10.5. The molecule has 0 aliphatic rings. The summed E-state index contributed by atoms with van der Waals surface area (Å²) in [5.74, 6) is -0.570. The molecule has 0 unspecified atom stereocenters. The largest absolute Gasteiger partial charge is 0.352 e. The molecule has 1 N–H and O–H groups in total. The summed E-state index contributed by atoms with van der Waals surface area (Å²) in [5.41, 5.74) is 3.62. The lowest BCUT2D eigenvalue weighted by molar-refractivity contribution is -0.121. The van der Waals surface area contributed by atoms with Crippen LogP contribution in [0.5, 0.6) is 5.75 Å². The molecule has 1 heterocycles. The standard InChI is InChI=1S/C25H20ClFN3O2/c26-19-5-1-3-17(13-19)16-28-25(32)12-7-21-15-24(18-4-2-6-20(27)14-18)30(29-21)22-8-10-23(31)11-9-22/h1-6,8-11,13-15H,7,12,16H2,(H,28,32). The van der Waals surface area contributed by atoms with Crippen LogP contribution in [-0.4, -0.2) is 15.7 Å². The van der Waals surface area contributed by atoms with E-state index in [4.69, 9.17) is 11.6 Å². The number of benzene rings is 3. The first kappa shape index (κ1) is 21.6. The normalized spacial score (nSPS) is 10.8. The van der Waals surface area contributed by atoms with Crippen molar-refractivity contribution < 1.29 is 14.3 Å². The van der Waals surface area contributed by atoms with Gasteiger partial charge in [-0.2, -0.15) is 5.10 Å². The molecule has 161 valence electrons. The fraction of sp³-hybridized carbons (Fsp3) is 0.120. The maximum atomic E-state index is 13.8. The zero-order valence-electron chi connectivity index (χ0n) is 17.1. The van der Waals surface area contributed by atoms with E-state index in [-0.39, 0.29) is 23.9 Å². The van der Waals surface area contributed by atoms with Crippen LogP contribution in [0, 0.1) is 5.82 Å². The summed E-state index contributed by atoms with van der Waals surface area (Å²) in [5, 5.41) is 19.6. The monoisotopic (exact) mass is 448 g/mol. The number of nitrogens with one attached hydrogen (secondary N) is 1. The molecular weight excluding hydrogens is 429 g/mol. The van der Waals surface area contributed by atoms with Gasteiger partial charge in [-0.25, -0.2) is 9.07 Å². The van der Waals surface area contributed by atoms with Gasteiger partial charge in [-0.3, -0.25) is 9.90 Å². The molecule has 0 spiro atoms. The van der Waals surface area contributed by atoms with Gasteiger partial charge in [0, 0.05) is 30.0 Å². The molecule has 5 nitrogen and oxygen atoms in total. The number of amides is 1. The molecule has 0 bridgehead atoms. The van der Waals surface area contributed by atoms with Crippen LogP contribution in [0.3, 0.4) is 0 Å². The molecule has 4 aromatic rings. The SMILES string of the molecule is [O]c1ccc(-n2nc(CCC(=O)NCc3cccc(Cl)c3)cc2-c2cccc(F)c2)cc1. The zero-order valence-corrected chi connectivity index (χ0v) is 17.8. The van der Waals surface area contributed by atoms with Gasteiger partial charge < -0.3 is 5.32 Å². The average Bonchev–Trinajstić information content (AvgIpc) is 3.21. The number of aromatic nitrogens is 2. The lowest BCUT2D eigenvalue weighted by atomic mass is 10.1. The van der Waals surface area contributed by atoms with Gasteiger partial charge >= 0.3 is 0 Å². The third-order valence-electron chi connectivity index (χ3n) is 4.95. The molecule has 0 aliphatic carbocycles. The summed E-state index contributed by atoms with van der Waals surface area (Å²) < 4.78 is 15.5. The Bertz CT molecular complexity index is 1240. The van der Waals surface area contributed by atoms with Crippen molar-refractivity contribution in [3.8, 4) is 22.7 Å². The fourth-order valence-electron chi connectivity index (χ4n) is 3.37. The van der Waals surface area contributed by atoms with E-state index in [0.717, 1.165) is 5.56 Å². The van der Waals surface area contributed by atoms with Crippen molar-refractivity contribution in [2.45, 2.75) is 19.4 Å². The van der Waals surface area contributed by atoms with Crippen molar-refractivity contribution in [1.82, 2.24) is 15.1 Å². The van der Waals surface area contributed by atoms with Gasteiger partial charge in [0.2, 0.25) is 5.91 Å². The molecule has 3 aromatic carbocycles. The molecule has 7 heteroatoms. The van der Waals surface area contributed by atoms with Crippen molar-refractivity contribution in [1.29, 1.82) is 0 Å². The van der Waals surface area contributed by atoms with Crippen molar-refractivity contribution in [3.63, 3.8) is 0 Å². The fourth-order valence-corrected chi connectivity index (χ4v) is 3.58. The predicted molar refractivity (Wildman–Crippen MR) is 121 cm³/mol. The zero-order chi connectivity index (χ0) is 22.5. The third kappa shape index (κ3) is 5.34. The lowest BCUT2D eigenvalue weighted by Gasteiger charge is -2.07. The van der Waals surface area contributed by atoms with E-state index in [0.29, 0.717) is 40.6 Å². The Balaban J connectivity index is 1.50. The minimum absolute atomic E-state index is 0.107. The van der Waals surface area contributed by atoms with Crippen LogP contribution in [0.4, 0.5) is 4.39 Å². The van der Waals surface area contributed by atoms with Crippen molar-refractivity contribution in [2.24, 2.45) is 0 Å². The number of aryl methyl sites for hydroxylation is 1. The number of hydrogen-bond donors (Lipinski definition) is 1. The van der Waals surface area contributed by atoms with Gasteiger partial charge in [-0.05, 0) is 60.2 Å². The molecule has 0 saturated heterocycles. The summed E-state index contributed by atoms with van der Waals surface area (Å²) in [6.07, 6.45) is 0.663. The van der Waals surface area contributed by atoms with Crippen LogP contribution in [0.15, 0.2) is 78.9 Å². The quantitative estimate of drug-likeness (QED) is 0.392. The molecule has 1 aromatic heterocycles. The van der Waals surface area contributed by atoms with E-state index in [1.54, 1.807) is 35.0 Å². The van der Waals surface area contributed by atoms with Crippen LogP contribution in [0.1, 0.15) is 17.7 Å². The summed E-state index contributed by atoms with van der Waals surface area (Å²) in [4.78, 5) is 12.3.